The Balaban J connectivity index is 0.000000339. The molecule has 11 atom stereocenters. The summed E-state index contributed by atoms with van der Waals surface area (Å²) < 4.78 is 31.2. The van der Waals surface area contributed by atoms with Crippen molar-refractivity contribution in [1.29, 1.82) is 0 Å². The van der Waals surface area contributed by atoms with Crippen LogP contribution in [0.2, 0.25) is 0 Å². The van der Waals surface area contributed by atoms with Crippen molar-refractivity contribution in [2.24, 2.45) is 51.7 Å². The third kappa shape index (κ3) is 37.1. The summed E-state index contributed by atoms with van der Waals surface area (Å²) >= 11 is 0. The van der Waals surface area contributed by atoms with Gasteiger partial charge in [-0.3, -0.25) is 47.9 Å². The molecule has 0 saturated carbocycles. The van der Waals surface area contributed by atoms with Crippen molar-refractivity contribution in [3.63, 3.8) is 0 Å². The first kappa shape index (κ1) is 109. The Hall–Kier alpha value is -11.6. The van der Waals surface area contributed by atoms with E-state index in [4.69, 9.17) is 19.5 Å². The summed E-state index contributed by atoms with van der Waals surface area (Å²) in [6.07, 6.45) is 12.4. The minimum atomic E-state index is -3.52. The minimum Gasteiger partial charge on any atom is -0.509 e. The SMILES string of the molecule is CCC(CC(CC)c1ccccc1)C(=O)O.CCC(CCC(CC(CC)c1ccccc1)C(=O)O)C(=O)NCCNCCCCCS(=O)(=O)c1ccc(N=NC(C(C)=O)=C(O)Cc2ccccc2OC)cc1.CCC(CCC(CC(CC)c1ccccc1)C(=O)O)C(=O)ON1C(=O)CCC1=O.CCC(CCC(CC(CC)c1ccccc1)C(=O)O)C(=O)ON1C(=O)CCC1=O. The number of hydrogen-bond donors (Lipinski definition) is 7. The molecule has 0 aliphatic carbocycles. The summed E-state index contributed by atoms with van der Waals surface area (Å²) in [7, 11) is -2.00. The molecule has 2 heterocycles. The van der Waals surface area contributed by atoms with Crippen molar-refractivity contribution in [3.05, 3.63) is 209 Å². The van der Waals surface area contributed by atoms with E-state index in [0.29, 0.717) is 149 Å². The first-order chi connectivity index (χ1) is 62.3. The molecule has 708 valence electrons. The highest BCUT2D eigenvalue weighted by molar-refractivity contribution is 7.91. The largest absolute Gasteiger partial charge is 0.509 e. The molecule has 28 nitrogen and oxygen atoms in total. The van der Waals surface area contributed by atoms with Crippen molar-refractivity contribution < 1.29 is 106 Å². The van der Waals surface area contributed by atoms with E-state index in [0.717, 1.165) is 55.2 Å². The van der Waals surface area contributed by atoms with Gasteiger partial charge in [0.15, 0.2) is 21.3 Å². The number of hydroxylamine groups is 4. The number of azo groups is 1. The molecule has 6 aromatic rings. The summed E-state index contributed by atoms with van der Waals surface area (Å²) in [5.74, 6) is -9.35. The van der Waals surface area contributed by atoms with Crippen molar-refractivity contribution in [2.45, 2.75) is 258 Å². The molecule has 2 aliphatic heterocycles. The summed E-state index contributed by atoms with van der Waals surface area (Å²) in [4.78, 5) is 153. The Morgan fingerprint density at radius 1 is 0.408 bits per heavy atom. The van der Waals surface area contributed by atoms with Gasteiger partial charge in [0.25, 0.3) is 23.6 Å². The van der Waals surface area contributed by atoms with Gasteiger partial charge in [0.2, 0.25) is 5.91 Å². The van der Waals surface area contributed by atoms with E-state index in [1.54, 1.807) is 38.1 Å². The van der Waals surface area contributed by atoms with Gasteiger partial charge < -0.3 is 50.6 Å². The molecule has 8 rings (SSSR count). The number of aliphatic hydroxyl groups is 1. The molecule has 0 bridgehead atoms. The highest BCUT2D eigenvalue weighted by atomic mass is 32.2. The molecule has 2 fully saturated rings. The molecular formula is C101H136N6O22S. The zero-order valence-electron chi connectivity index (χ0n) is 77.1. The van der Waals surface area contributed by atoms with Crippen LogP contribution in [-0.4, -0.2) is 148 Å². The number of carbonyl (C=O) groups is 12. The van der Waals surface area contributed by atoms with E-state index in [2.05, 4.69) is 46.8 Å². The lowest BCUT2D eigenvalue weighted by Gasteiger charge is -2.22. The molecule has 2 aliphatic rings. The van der Waals surface area contributed by atoms with Crippen LogP contribution in [0.4, 0.5) is 5.69 Å². The van der Waals surface area contributed by atoms with E-state index in [1.807, 2.05) is 137 Å². The maximum absolute atomic E-state index is 12.9. The molecule has 5 amide bonds. The second kappa shape index (κ2) is 58.9. The van der Waals surface area contributed by atoms with Gasteiger partial charge in [-0.2, -0.15) is 5.11 Å². The van der Waals surface area contributed by atoms with Crippen molar-refractivity contribution in [3.8, 4) is 5.75 Å². The van der Waals surface area contributed by atoms with Gasteiger partial charge in [0.05, 0.1) is 59.0 Å². The number of carbonyl (C=O) groups excluding carboxylic acids is 8. The van der Waals surface area contributed by atoms with Crippen LogP contribution >= 0.6 is 0 Å². The van der Waals surface area contributed by atoms with Gasteiger partial charge >= 0.3 is 35.8 Å². The van der Waals surface area contributed by atoms with E-state index in [1.165, 1.54) is 43.9 Å². The van der Waals surface area contributed by atoms with Crippen LogP contribution < -0.4 is 15.4 Å². The number of ether oxygens (including phenoxy) is 1. The van der Waals surface area contributed by atoms with Crippen molar-refractivity contribution in [1.82, 2.24) is 20.8 Å². The fraction of sp³-hybridized carbons (Fsp3) is 0.505. The van der Waals surface area contributed by atoms with E-state index < -0.39 is 105 Å². The number of unbranched alkanes of at least 4 members (excludes halogenated alkanes) is 2. The molecule has 7 N–H and O–H groups in total. The lowest BCUT2D eigenvalue weighted by molar-refractivity contribution is -0.201. The molecule has 130 heavy (non-hydrogen) atoms. The number of nitrogens with one attached hydrogen (secondary N) is 2. The fourth-order valence-electron chi connectivity index (χ4n) is 15.9. The standard InChI is InChI=1S/C43H58N4O8S.2C22H29NO6.C14H20O2/c1-5-32(19-20-36(43(51)52)29-33(6-2)34-15-9-7-10-16-34)42(50)45-27-26-44-25-13-8-14-28-56(53,54)38-23-21-37(22-24-38)46-47-41(31(3)48)39(49)30-35-17-11-12-18-40(35)55-4;2*1-3-15(22(28)29-23-19(24)12-13-20(23)25)10-11-18(21(26)27)14-16(4-2)17-8-6-5-7-9-17;1-3-11(10-12(4-2)14(15)16)13-8-6-5-7-9-13/h7,9-12,15-18,21-24,32-33,36,44,49H,5-6,8,13-14,19-20,25-30H2,1-4H3,(H,45,50)(H,51,52);2*5-9,15-16,18H,3-4,10-14H2,1-2H3,(H,26,27);5-9,11-12H,3-4,10H2,1-2H3,(H,15,16). The van der Waals surface area contributed by atoms with Gasteiger partial charge in [-0.25, -0.2) is 18.0 Å². The van der Waals surface area contributed by atoms with Gasteiger partial charge in [0.1, 0.15) is 11.5 Å². The molecular weight excluding hydrogens is 1680 g/mol. The first-order valence-corrected chi connectivity index (χ1v) is 47.5. The second-order valence-electron chi connectivity index (χ2n) is 33.0. The van der Waals surface area contributed by atoms with Gasteiger partial charge in [0, 0.05) is 63.6 Å². The molecule has 0 radical (unpaired) electrons. The number of methoxy groups -OCH3 is 1. The number of amides is 5. The zero-order valence-corrected chi connectivity index (χ0v) is 77.9. The number of Topliss-reactive ketones (excluding diaryl/α,β-unsaturated/α-hetero) is 1. The lowest BCUT2D eigenvalue weighted by atomic mass is 9.83. The topological polar surface area (TPSA) is 423 Å². The predicted octanol–water partition coefficient (Wildman–Crippen LogP) is 19.2. The number of aliphatic hydroxyl groups excluding tert-OH is 1. The number of imide groups is 2. The smallest absolute Gasteiger partial charge is 0.336 e. The van der Waals surface area contributed by atoms with Crippen LogP contribution in [0.15, 0.2) is 196 Å². The zero-order chi connectivity index (χ0) is 95.7. The van der Waals surface area contributed by atoms with Crippen LogP contribution in [0, 0.1) is 41.4 Å². The molecule has 6 aromatic carbocycles. The Morgan fingerprint density at radius 3 is 1.10 bits per heavy atom. The minimum absolute atomic E-state index is 0.00946. The Labute approximate surface area is 766 Å². The van der Waals surface area contributed by atoms with E-state index in [-0.39, 0.29) is 89.7 Å². The van der Waals surface area contributed by atoms with Crippen LogP contribution in [0.5, 0.6) is 5.75 Å². The van der Waals surface area contributed by atoms with E-state index >= 15 is 0 Å². The number of sulfone groups is 1. The normalized spacial score (nSPS) is 15.3. The molecule has 11 unspecified atom stereocenters. The van der Waals surface area contributed by atoms with Crippen LogP contribution in [0.25, 0.3) is 0 Å². The highest BCUT2D eigenvalue weighted by Crippen LogP contribution is 2.36. The number of para-hydroxylation sites is 1. The highest BCUT2D eigenvalue weighted by Gasteiger charge is 2.38. The third-order valence-electron chi connectivity index (χ3n) is 24.2. The number of nitrogens with zero attached hydrogens (tertiary/aromatic N) is 4. The van der Waals surface area contributed by atoms with Crippen molar-refractivity contribution in [2.75, 3.05) is 32.5 Å². The summed E-state index contributed by atoms with van der Waals surface area (Å²) in [6.45, 7) is 18.7. The van der Waals surface area contributed by atoms with Gasteiger partial charge in [-0.1, -0.05) is 201 Å². The number of hydrogen-bond acceptors (Lipinski definition) is 21. The first-order valence-electron chi connectivity index (χ1n) is 45.9. The number of carboxylic acids is 4. The number of ketones is 1. The van der Waals surface area contributed by atoms with Gasteiger partial charge in [-0.15, -0.1) is 15.2 Å². The molecule has 0 aromatic heterocycles. The molecule has 29 heteroatoms. The number of benzene rings is 6. The number of rotatable bonds is 54. The summed E-state index contributed by atoms with van der Waals surface area (Å²) in [5, 5.41) is 64.3. The lowest BCUT2D eigenvalue weighted by Crippen LogP contribution is -2.36. The quantitative estimate of drug-likeness (QED) is 0.00613. The van der Waals surface area contributed by atoms with Crippen LogP contribution in [-0.2, 0) is 83.5 Å². The molecule has 2 saturated heterocycles. The monoisotopic (exact) mass is 1820 g/mol. The predicted molar refractivity (Wildman–Crippen MR) is 494 cm³/mol. The fourth-order valence-corrected chi connectivity index (χ4v) is 17.3. The van der Waals surface area contributed by atoms with Crippen LogP contribution in [0.1, 0.15) is 274 Å². The Morgan fingerprint density at radius 2 is 0.754 bits per heavy atom. The Kier molecular flexibility index (Phi) is 49.3. The van der Waals surface area contributed by atoms with Crippen LogP contribution in [0.3, 0.4) is 0 Å². The number of allylic oxidation sites excluding steroid dienone is 2. The average Bonchev–Trinajstić information content (AvgIpc) is 1.64. The summed E-state index contributed by atoms with van der Waals surface area (Å²) in [6, 6.07) is 52.8. The summed E-state index contributed by atoms with van der Waals surface area (Å²) in [5.41, 5.74) is 5.42. The molecule has 0 spiro atoms. The van der Waals surface area contributed by atoms with E-state index in [9.17, 15) is 86.4 Å². The third-order valence-corrected chi connectivity index (χ3v) is 26.0. The second-order valence-corrected chi connectivity index (χ2v) is 35.2. The number of carboxylic acid groups (broad SMARTS) is 4. The maximum Gasteiger partial charge on any atom is 0.336 e. The Bertz CT molecular complexity index is 4570. The van der Waals surface area contributed by atoms with Gasteiger partial charge in [-0.05, 0) is 211 Å². The average molecular weight is 1820 g/mol. The number of aliphatic carboxylic acids is 4. The van der Waals surface area contributed by atoms with Crippen molar-refractivity contribution >= 4 is 86.7 Å². The maximum atomic E-state index is 12.9.